The second kappa shape index (κ2) is 9.83. The molecule has 184 valence electrons. The van der Waals surface area contributed by atoms with Crippen LogP contribution in [0.5, 0.6) is 0 Å². The number of amides is 2. The first kappa shape index (κ1) is 29.9. The number of hydrogen-bond donors (Lipinski definition) is 2. The maximum absolute atomic E-state index is 13.0. The molecule has 0 aliphatic rings. The van der Waals surface area contributed by atoms with E-state index in [-0.39, 0.29) is 33.5 Å². The number of hydrogen-bond acceptors (Lipinski definition) is 2. The van der Waals surface area contributed by atoms with Crippen LogP contribution in [0.1, 0.15) is 116 Å². The Balaban J connectivity index is 4.97. The van der Waals surface area contributed by atoms with Crippen molar-refractivity contribution in [3.63, 3.8) is 0 Å². The Bertz CT molecular complexity index is 560. The van der Waals surface area contributed by atoms with Crippen molar-refractivity contribution in [2.24, 2.45) is 32.5 Å². The van der Waals surface area contributed by atoms with Crippen molar-refractivity contribution in [2.75, 3.05) is 13.1 Å². The molecule has 2 N–H and O–H groups in total. The zero-order chi connectivity index (χ0) is 25.1. The fourth-order valence-corrected chi connectivity index (χ4v) is 5.38. The van der Waals surface area contributed by atoms with Gasteiger partial charge in [-0.25, -0.2) is 0 Å². The van der Waals surface area contributed by atoms with Gasteiger partial charge in [-0.05, 0) is 40.9 Å². The molecule has 0 aromatic carbocycles. The maximum atomic E-state index is 13.0. The van der Waals surface area contributed by atoms with Crippen molar-refractivity contribution in [1.82, 2.24) is 10.6 Å². The molecule has 0 aliphatic carbocycles. The van der Waals surface area contributed by atoms with E-state index in [1.165, 1.54) is 0 Å². The molecule has 0 aromatic rings. The first-order chi connectivity index (χ1) is 13.4. The quantitative estimate of drug-likeness (QED) is 0.404. The Morgan fingerprint density at radius 3 is 0.968 bits per heavy atom. The lowest BCUT2D eigenvalue weighted by atomic mass is 9.73. The molecule has 0 spiro atoms. The highest BCUT2D eigenvalue weighted by Gasteiger charge is 2.40. The predicted octanol–water partition coefficient (Wildman–Crippen LogP) is 6.59. The summed E-state index contributed by atoms with van der Waals surface area (Å²) in [6.07, 6.45) is 2.55. The topological polar surface area (TPSA) is 58.2 Å². The average molecular weight is 439 g/mol. The predicted molar refractivity (Wildman–Crippen MR) is 134 cm³/mol. The molecule has 0 unspecified atom stereocenters. The highest BCUT2D eigenvalue weighted by atomic mass is 16.2. The SMILES string of the molecule is CC(C)(C)CC(C)(C)CNC(=O)C(C)(C)CC(C)(C)C(=O)NCC(C)(C)CC(C)(C)C. The summed E-state index contributed by atoms with van der Waals surface area (Å²) in [5.74, 6) is 0.0341. The second-order valence-electron chi connectivity index (χ2n) is 15.1. The molecule has 2 amide bonds. The molecule has 4 heteroatoms. The summed E-state index contributed by atoms with van der Waals surface area (Å²) < 4.78 is 0. The van der Waals surface area contributed by atoms with Gasteiger partial charge in [0.2, 0.25) is 11.8 Å². The highest BCUT2D eigenvalue weighted by molar-refractivity contribution is 5.85. The van der Waals surface area contributed by atoms with Crippen LogP contribution in [0.2, 0.25) is 0 Å². The molecule has 0 bridgehead atoms. The van der Waals surface area contributed by atoms with Gasteiger partial charge in [-0.1, -0.05) is 96.9 Å². The number of nitrogens with one attached hydrogen (secondary N) is 2. The van der Waals surface area contributed by atoms with Gasteiger partial charge in [0.1, 0.15) is 0 Å². The Hall–Kier alpha value is -1.06. The minimum absolute atomic E-state index is 0.0171. The summed E-state index contributed by atoms with van der Waals surface area (Å²) in [5.41, 5.74) is -0.778. The normalized spacial score (nSPS) is 14.4. The third-order valence-electron chi connectivity index (χ3n) is 5.59. The van der Waals surface area contributed by atoms with Gasteiger partial charge in [0.15, 0.2) is 0 Å². The minimum Gasteiger partial charge on any atom is -0.355 e. The standard InChI is InChI=1S/C27H54N2O2/c1-22(2,3)15-24(7,8)18-28-20(30)26(11,12)17-27(13,14)21(31)29-19-25(9,10)16-23(4,5)6/h15-19H2,1-14H3,(H,28,30)(H,29,31). The lowest BCUT2D eigenvalue weighted by Crippen LogP contribution is -2.48. The van der Waals surface area contributed by atoms with Gasteiger partial charge in [-0.3, -0.25) is 9.59 Å². The molecule has 0 aliphatic heterocycles. The fraction of sp³-hybridized carbons (Fsp3) is 0.926. The first-order valence-corrected chi connectivity index (χ1v) is 11.9. The fourth-order valence-electron chi connectivity index (χ4n) is 5.38. The summed E-state index contributed by atoms with van der Waals surface area (Å²) in [4.78, 5) is 26.0. The number of rotatable bonds is 10. The Labute approximate surface area is 194 Å². The summed E-state index contributed by atoms with van der Waals surface area (Å²) in [7, 11) is 0. The van der Waals surface area contributed by atoms with Crippen LogP contribution in [0.4, 0.5) is 0 Å². The second-order valence-corrected chi connectivity index (χ2v) is 15.1. The zero-order valence-electron chi connectivity index (χ0n) is 23.4. The average Bonchev–Trinajstić information content (AvgIpc) is 2.44. The van der Waals surface area contributed by atoms with Gasteiger partial charge < -0.3 is 10.6 Å². The number of carbonyl (C=O) groups excluding carboxylic acids is 2. The van der Waals surface area contributed by atoms with Crippen LogP contribution in [0, 0.1) is 32.5 Å². The molecular formula is C27H54N2O2. The molecule has 31 heavy (non-hydrogen) atoms. The third kappa shape index (κ3) is 12.5. The van der Waals surface area contributed by atoms with Crippen LogP contribution >= 0.6 is 0 Å². The van der Waals surface area contributed by atoms with E-state index in [4.69, 9.17) is 0 Å². The summed E-state index contributed by atoms with van der Waals surface area (Å²) in [6.45, 7) is 31.2. The smallest absolute Gasteiger partial charge is 0.225 e. The first-order valence-electron chi connectivity index (χ1n) is 11.9. The molecule has 0 heterocycles. The monoisotopic (exact) mass is 438 g/mol. The van der Waals surface area contributed by atoms with Gasteiger partial charge in [0.25, 0.3) is 0 Å². The molecule has 0 rings (SSSR count). The molecular weight excluding hydrogens is 384 g/mol. The van der Waals surface area contributed by atoms with Crippen LogP contribution in [0.15, 0.2) is 0 Å². The van der Waals surface area contributed by atoms with Crippen molar-refractivity contribution < 1.29 is 9.59 Å². The van der Waals surface area contributed by atoms with Crippen molar-refractivity contribution in [3.8, 4) is 0 Å². The number of carbonyl (C=O) groups is 2. The largest absolute Gasteiger partial charge is 0.355 e. The molecule has 0 radical (unpaired) electrons. The summed E-state index contributed by atoms with van der Waals surface area (Å²) >= 11 is 0. The van der Waals surface area contributed by atoms with Crippen LogP contribution in [-0.2, 0) is 9.59 Å². The van der Waals surface area contributed by atoms with Crippen molar-refractivity contribution in [2.45, 2.75) is 116 Å². The van der Waals surface area contributed by atoms with Crippen LogP contribution in [0.25, 0.3) is 0 Å². The Kier molecular flexibility index (Phi) is 9.49. The molecule has 4 nitrogen and oxygen atoms in total. The van der Waals surface area contributed by atoms with E-state index >= 15 is 0 Å². The van der Waals surface area contributed by atoms with E-state index in [1.807, 2.05) is 27.7 Å². The molecule has 0 fully saturated rings. The van der Waals surface area contributed by atoms with Gasteiger partial charge in [0, 0.05) is 23.9 Å². The Morgan fingerprint density at radius 1 is 0.484 bits per heavy atom. The lowest BCUT2D eigenvalue weighted by molar-refractivity contribution is -0.136. The van der Waals surface area contributed by atoms with Crippen molar-refractivity contribution >= 4 is 11.8 Å². The Morgan fingerprint density at radius 2 is 0.742 bits per heavy atom. The van der Waals surface area contributed by atoms with Crippen LogP contribution in [0.3, 0.4) is 0 Å². The molecule has 0 aromatic heterocycles. The van der Waals surface area contributed by atoms with Crippen molar-refractivity contribution in [3.05, 3.63) is 0 Å². The summed E-state index contributed by atoms with van der Waals surface area (Å²) in [5, 5.41) is 6.32. The van der Waals surface area contributed by atoms with E-state index in [2.05, 4.69) is 79.9 Å². The summed E-state index contributed by atoms with van der Waals surface area (Å²) in [6, 6.07) is 0. The van der Waals surface area contributed by atoms with Crippen molar-refractivity contribution in [1.29, 1.82) is 0 Å². The van der Waals surface area contributed by atoms with Gasteiger partial charge in [-0.15, -0.1) is 0 Å². The third-order valence-corrected chi connectivity index (χ3v) is 5.59. The van der Waals surface area contributed by atoms with E-state index in [9.17, 15) is 9.59 Å². The molecule has 0 atom stereocenters. The van der Waals surface area contributed by atoms with Crippen LogP contribution < -0.4 is 10.6 Å². The maximum Gasteiger partial charge on any atom is 0.225 e. The van der Waals surface area contributed by atoms with E-state index in [0.717, 1.165) is 12.8 Å². The highest BCUT2D eigenvalue weighted by Crippen LogP contribution is 2.37. The zero-order valence-corrected chi connectivity index (χ0v) is 23.4. The van der Waals surface area contributed by atoms with Gasteiger partial charge in [-0.2, -0.15) is 0 Å². The van der Waals surface area contributed by atoms with E-state index in [0.29, 0.717) is 19.5 Å². The van der Waals surface area contributed by atoms with Gasteiger partial charge in [0.05, 0.1) is 0 Å². The van der Waals surface area contributed by atoms with E-state index < -0.39 is 10.8 Å². The minimum atomic E-state index is -0.625. The molecule has 0 saturated heterocycles. The van der Waals surface area contributed by atoms with Crippen LogP contribution in [-0.4, -0.2) is 24.9 Å². The molecule has 0 saturated carbocycles. The van der Waals surface area contributed by atoms with Gasteiger partial charge >= 0.3 is 0 Å². The van der Waals surface area contributed by atoms with E-state index in [1.54, 1.807) is 0 Å². The lowest BCUT2D eigenvalue weighted by Gasteiger charge is -2.37.